The molecule has 0 aliphatic carbocycles. The molecule has 14 heavy (non-hydrogen) atoms. The van der Waals surface area contributed by atoms with E-state index in [9.17, 15) is 0 Å². The summed E-state index contributed by atoms with van der Waals surface area (Å²) < 4.78 is 6.65. The van der Waals surface area contributed by atoms with Gasteiger partial charge in [-0.2, -0.15) is 0 Å². The third-order valence-corrected chi connectivity index (χ3v) is 3.29. The van der Waals surface area contributed by atoms with Crippen molar-refractivity contribution >= 4 is 15.9 Å². The van der Waals surface area contributed by atoms with E-state index in [1.165, 1.54) is 11.1 Å². The van der Waals surface area contributed by atoms with Gasteiger partial charge in [0.1, 0.15) is 5.75 Å². The van der Waals surface area contributed by atoms with Crippen molar-refractivity contribution in [1.29, 1.82) is 0 Å². The van der Waals surface area contributed by atoms with Gasteiger partial charge in [0.2, 0.25) is 0 Å². The fourth-order valence-electron chi connectivity index (χ4n) is 1.91. The molecule has 2 N–H and O–H groups in total. The molecule has 0 aromatic heterocycles. The molecule has 3 heteroatoms. The van der Waals surface area contributed by atoms with Crippen molar-refractivity contribution in [3.05, 3.63) is 27.7 Å². The van der Waals surface area contributed by atoms with Gasteiger partial charge < -0.3 is 10.5 Å². The van der Waals surface area contributed by atoms with Gasteiger partial charge in [0.05, 0.1) is 11.1 Å². The van der Waals surface area contributed by atoms with E-state index in [0.29, 0.717) is 0 Å². The summed E-state index contributed by atoms with van der Waals surface area (Å²) in [6.07, 6.45) is 1.92. The summed E-state index contributed by atoms with van der Waals surface area (Å²) in [5.74, 6) is 0.947. The number of nitrogens with two attached hydrogens (primary N) is 1. The van der Waals surface area contributed by atoms with Gasteiger partial charge >= 0.3 is 0 Å². The van der Waals surface area contributed by atoms with E-state index in [0.717, 1.165) is 29.7 Å². The summed E-state index contributed by atoms with van der Waals surface area (Å²) in [6, 6.07) is 4.29. The monoisotopic (exact) mass is 255 g/mol. The number of fused-ring (bicyclic) bond motifs is 1. The van der Waals surface area contributed by atoms with Gasteiger partial charge in [-0.15, -0.1) is 0 Å². The third kappa shape index (κ3) is 1.55. The third-order valence-electron chi connectivity index (χ3n) is 2.67. The van der Waals surface area contributed by atoms with Crippen molar-refractivity contribution in [3.63, 3.8) is 0 Å². The van der Waals surface area contributed by atoms with E-state index in [2.05, 4.69) is 28.9 Å². The fourth-order valence-corrected chi connectivity index (χ4v) is 2.37. The van der Waals surface area contributed by atoms with Gasteiger partial charge in [-0.3, -0.25) is 0 Å². The van der Waals surface area contributed by atoms with Crippen LogP contribution < -0.4 is 10.5 Å². The molecule has 0 bridgehead atoms. The lowest BCUT2D eigenvalue weighted by molar-refractivity contribution is 0.266. The molecule has 0 amide bonds. The molecule has 1 atom stereocenters. The number of rotatable bonds is 1. The second kappa shape index (κ2) is 3.91. The van der Waals surface area contributed by atoms with Crippen molar-refractivity contribution < 1.29 is 4.74 Å². The lowest BCUT2D eigenvalue weighted by Crippen LogP contribution is -2.22. The van der Waals surface area contributed by atoms with E-state index < -0.39 is 0 Å². The predicted molar refractivity (Wildman–Crippen MR) is 60.6 cm³/mol. The van der Waals surface area contributed by atoms with Crippen molar-refractivity contribution in [2.24, 2.45) is 5.73 Å². The van der Waals surface area contributed by atoms with E-state index in [4.69, 9.17) is 10.5 Å². The van der Waals surface area contributed by atoms with Crippen LogP contribution in [0.5, 0.6) is 5.75 Å². The van der Waals surface area contributed by atoms with Crippen molar-refractivity contribution in [2.45, 2.75) is 25.8 Å². The van der Waals surface area contributed by atoms with Crippen LogP contribution in [0.15, 0.2) is 16.6 Å². The molecule has 0 spiro atoms. The maximum atomic E-state index is 6.09. The molecule has 0 saturated heterocycles. The number of halogens is 1. The van der Waals surface area contributed by atoms with Crippen LogP contribution in [0.2, 0.25) is 0 Å². The maximum absolute atomic E-state index is 6.09. The molecule has 1 heterocycles. The Bertz CT molecular complexity index is 351. The zero-order valence-corrected chi connectivity index (χ0v) is 9.80. The smallest absolute Gasteiger partial charge is 0.138 e. The Morgan fingerprint density at radius 3 is 3.07 bits per heavy atom. The largest absolute Gasteiger partial charge is 0.492 e. The van der Waals surface area contributed by atoms with Gasteiger partial charge in [-0.05, 0) is 34.0 Å². The first kappa shape index (κ1) is 9.99. The summed E-state index contributed by atoms with van der Waals surface area (Å²) >= 11 is 3.49. The summed E-state index contributed by atoms with van der Waals surface area (Å²) in [4.78, 5) is 0. The zero-order chi connectivity index (χ0) is 10.1. The highest BCUT2D eigenvalue weighted by molar-refractivity contribution is 9.10. The average molecular weight is 256 g/mol. The zero-order valence-electron chi connectivity index (χ0n) is 8.22. The molecule has 2 nitrogen and oxygen atoms in total. The van der Waals surface area contributed by atoms with Gasteiger partial charge in [0.25, 0.3) is 0 Å². The first-order valence-corrected chi connectivity index (χ1v) is 5.73. The van der Waals surface area contributed by atoms with Crippen molar-refractivity contribution in [2.75, 3.05) is 6.61 Å². The van der Waals surface area contributed by atoms with Gasteiger partial charge in [-0.1, -0.05) is 13.0 Å². The summed E-state index contributed by atoms with van der Waals surface area (Å²) in [5.41, 5.74) is 8.58. The minimum atomic E-state index is 0.131. The lowest BCUT2D eigenvalue weighted by atomic mass is 9.94. The first-order valence-electron chi connectivity index (χ1n) is 4.93. The number of hydrogen-bond acceptors (Lipinski definition) is 2. The summed E-state index contributed by atoms with van der Waals surface area (Å²) in [6.45, 7) is 2.87. The number of aryl methyl sites for hydroxylation is 1. The van der Waals surface area contributed by atoms with Crippen LogP contribution in [-0.4, -0.2) is 6.61 Å². The Hall–Kier alpha value is -0.540. The van der Waals surface area contributed by atoms with E-state index in [-0.39, 0.29) is 6.04 Å². The van der Waals surface area contributed by atoms with Crippen LogP contribution in [0, 0.1) is 0 Å². The van der Waals surface area contributed by atoms with Crippen molar-refractivity contribution in [3.8, 4) is 5.75 Å². The second-order valence-corrected chi connectivity index (χ2v) is 4.40. The average Bonchev–Trinajstić information content (AvgIpc) is 2.20. The molecular weight excluding hydrogens is 242 g/mol. The number of hydrogen-bond donors (Lipinski definition) is 1. The topological polar surface area (TPSA) is 35.2 Å². The molecule has 1 aromatic rings. The van der Waals surface area contributed by atoms with Crippen LogP contribution in [0.3, 0.4) is 0 Å². The van der Waals surface area contributed by atoms with E-state index in [1.807, 2.05) is 6.07 Å². The highest BCUT2D eigenvalue weighted by Crippen LogP contribution is 2.39. The second-order valence-electron chi connectivity index (χ2n) is 3.55. The Morgan fingerprint density at radius 2 is 2.36 bits per heavy atom. The van der Waals surface area contributed by atoms with Crippen molar-refractivity contribution in [1.82, 2.24) is 0 Å². The van der Waals surface area contributed by atoms with Crippen LogP contribution >= 0.6 is 15.9 Å². The molecule has 0 unspecified atom stereocenters. The molecule has 1 aliphatic heterocycles. The first-order chi connectivity index (χ1) is 6.74. The Kier molecular flexibility index (Phi) is 2.79. The standard InChI is InChI=1S/C11H14BrNO/c1-2-7-3-4-8(12)11-10(7)9(13)5-6-14-11/h3-4,9H,2,5-6,13H2,1H3/t9-/m1/s1. The van der Waals surface area contributed by atoms with E-state index >= 15 is 0 Å². The molecule has 0 saturated carbocycles. The Morgan fingerprint density at radius 1 is 1.57 bits per heavy atom. The van der Waals surface area contributed by atoms with Gasteiger partial charge in [0.15, 0.2) is 0 Å². The molecule has 0 radical (unpaired) electrons. The molecule has 1 aliphatic rings. The van der Waals surface area contributed by atoms with Crippen LogP contribution in [-0.2, 0) is 6.42 Å². The quantitative estimate of drug-likeness (QED) is 0.838. The van der Waals surface area contributed by atoms with Crippen LogP contribution in [0.25, 0.3) is 0 Å². The maximum Gasteiger partial charge on any atom is 0.138 e. The minimum absolute atomic E-state index is 0.131. The summed E-state index contributed by atoms with van der Waals surface area (Å²) in [5, 5.41) is 0. The fraction of sp³-hybridized carbons (Fsp3) is 0.455. The SMILES string of the molecule is CCc1ccc(Br)c2c1[C@H](N)CCO2. The van der Waals surface area contributed by atoms with Gasteiger partial charge in [-0.25, -0.2) is 0 Å². The highest BCUT2D eigenvalue weighted by atomic mass is 79.9. The highest BCUT2D eigenvalue weighted by Gasteiger charge is 2.22. The molecule has 0 fully saturated rings. The van der Waals surface area contributed by atoms with Crippen LogP contribution in [0.4, 0.5) is 0 Å². The molecule has 2 rings (SSSR count). The summed E-state index contributed by atoms with van der Waals surface area (Å²) in [7, 11) is 0. The minimum Gasteiger partial charge on any atom is -0.492 e. The Balaban J connectivity index is 2.58. The normalized spacial score (nSPS) is 20.1. The molecule has 76 valence electrons. The van der Waals surface area contributed by atoms with Crippen LogP contribution in [0.1, 0.15) is 30.5 Å². The Labute approximate surface area is 92.6 Å². The van der Waals surface area contributed by atoms with Gasteiger partial charge in [0, 0.05) is 18.0 Å². The number of benzene rings is 1. The molecular formula is C11H14BrNO. The van der Waals surface area contributed by atoms with E-state index in [1.54, 1.807) is 0 Å². The molecule has 1 aromatic carbocycles. The number of ether oxygens (including phenoxy) is 1. The predicted octanol–water partition coefficient (Wildman–Crippen LogP) is 2.79. The lowest BCUT2D eigenvalue weighted by Gasteiger charge is -2.26.